The van der Waals surface area contributed by atoms with E-state index in [2.05, 4.69) is 19.1 Å². The summed E-state index contributed by atoms with van der Waals surface area (Å²) in [4.78, 5) is 0. The van der Waals surface area contributed by atoms with Crippen LogP contribution in [0.3, 0.4) is 0 Å². The first-order chi connectivity index (χ1) is 8.81. The molecule has 0 aliphatic rings. The van der Waals surface area contributed by atoms with Gasteiger partial charge in [0, 0.05) is 40.6 Å². The van der Waals surface area contributed by atoms with Crippen LogP contribution >= 0.6 is 0 Å². The van der Waals surface area contributed by atoms with Crippen LogP contribution in [0.25, 0.3) is 0 Å². The summed E-state index contributed by atoms with van der Waals surface area (Å²) in [5, 5.41) is 0. The molecular formula is C15H26O3. The lowest BCUT2D eigenvalue weighted by Gasteiger charge is -2.02. The molecule has 0 N–H and O–H groups in total. The van der Waals surface area contributed by atoms with Crippen molar-refractivity contribution in [1.82, 2.24) is 0 Å². The fraction of sp³-hybridized carbons (Fsp3) is 0.600. The lowest BCUT2D eigenvalue weighted by Crippen LogP contribution is -2.02. The molecule has 0 saturated carbocycles. The molecule has 3 heteroatoms. The molecule has 0 atom stereocenters. The van der Waals surface area contributed by atoms with E-state index in [-0.39, 0.29) is 0 Å². The third-order valence-electron chi connectivity index (χ3n) is 2.21. The zero-order valence-electron chi connectivity index (χ0n) is 11.9. The highest BCUT2D eigenvalue weighted by atomic mass is 16.5. The highest BCUT2D eigenvalue weighted by Crippen LogP contribution is 1.92. The van der Waals surface area contributed by atoms with Crippen LogP contribution in [0.1, 0.15) is 18.4 Å². The second kappa shape index (κ2) is 14.2. The van der Waals surface area contributed by atoms with Crippen LogP contribution in [0.15, 0.2) is 30.3 Å². The minimum atomic E-state index is 0.782. The third kappa shape index (κ3) is 13.2. The summed E-state index contributed by atoms with van der Waals surface area (Å²) in [5.41, 5.74) is 1.32. The average Bonchev–Trinajstić information content (AvgIpc) is 2.39. The van der Waals surface area contributed by atoms with Gasteiger partial charge in [-0.1, -0.05) is 35.9 Å². The summed E-state index contributed by atoms with van der Waals surface area (Å²) in [5.74, 6) is 0. The van der Waals surface area contributed by atoms with Crippen molar-refractivity contribution in [3.05, 3.63) is 35.9 Å². The Balaban J connectivity index is 0.000000351. The number of methoxy groups -OCH3 is 2. The van der Waals surface area contributed by atoms with Gasteiger partial charge in [-0.15, -0.1) is 0 Å². The summed E-state index contributed by atoms with van der Waals surface area (Å²) in [7, 11) is 3.40. The fourth-order valence-corrected chi connectivity index (χ4v) is 1.25. The SMILES string of the molecule is COCCCOCCCOC.Cc1ccccc1. The quantitative estimate of drug-likeness (QED) is 0.667. The molecule has 0 aliphatic heterocycles. The van der Waals surface area contributed by atoms with Crippen molar-refractivity contribution in [1.29, 1.82) is 0 Å². The van der Waals surface area contributed by atoms with Crippen LogP contribution in [-0.2, 0) is 14.2 Å². The van der Waals surface area contributed by atoms with Crippen LogP contribution < -0.4 is 0 Å². The van der Waals surface area contributed by atoms with Crippen molar-refractivity contribution < 1.29 is 14.2 Å². The number of hydrogen-bond acceptors (Lipinski definition) is 3. The van der Waals surface area contributed by atoms with E-state index in [1.807, 2.05) is 18.2 Å². The fourth-order valence-electron chi connectivity index (χ4n) is 1.25. The standard InChI is InChI=1S/C8H18O3.C7H8/c1-9-5-3-7-11-8-4-6-10-2;1-7-5-3-2-4-6-7/h3-8H2,1-2H3;2-6H,1H3. The highest BCUT2D eigenvalue weighted by Gasteiger charge is 1.88. The summed E-state index contributed by atoms with van der Waals surface area (Å²) < 4.78 is 15.0. The van der Waals surface area contributed by atoms with Gasteiger partial charge < -0.3 is 14.2 Å². The molecule has 0 aromatic heterocycles. The molecule has 0 bridgehead atoms. The average molecular weight is 254 g/mol. The van der Waals surface area contributed by atoms with Crippen molar-refractivity contribution in [2.24, 2.45) is 0 Å². The molecule has 0 saturated heterocycles. The number of hydrogen-bond donors (Lipinski definition) is 0. The maximum atomic E-state index is 5.28. The van der Waals surface area contributed by atoms with Crippen LogP contribution in [-0.4, -0.2) is 40.6 Å². The van der Waals surface area contributed by atoms with Crippen LogP contribution in [0.5, 0.6) is 0 Å². The van der Waals surface area contributed by atoms with Crippen molar-refractivity contribution in [3.63, 3.8) is 0 Å². The van der Waals surface area contributed by atoms with E-state index in [9.17, 15) is 0 Å². The molecule has 0 fully saturated rings. The van der Waals surface area contributed by atoms with E-state index in [1.54, 1.807) is 14.2 Å². The summed E-state index contributed by atoms with van der Waals surface area (Å²) in [6.07, 6.45) is 1.95. The van der Waals surface area contributed by atoms with Gasteiger partial charge in [0.1, 0.15) is 0 Å². The monoisotopic (exact) mass is 254 g/mol. The summed E-state index contributed by atoms with van der Waals surface area (Å²) in [6.45, 7) is 5.23. The Bertz CT molecular complexity index is 241. The molecule has 1 aromatic carbocycles. The third-order valence-corrected chi connectivity index (χ3v) is 2.21. The number of ether oxygens (including phenoxy) is 3. The molecule has 0 radical (unpaired) electrons. The normalized spacial score (nSPS) is 9.72. The minimum absolute atomic E-state index is 0.782. The minimum Gasteiger partial charge on any atom is -0.385 e. The van der Waals surface area contributed by atoms with E-state index in [4.69, 9.17) is 14.2 Å². The van der Waals surface area contributed by atoms with Gasteiger partial charge in [-0.3, -0.25) is 0 Å². The van der Waals surface area contributed by atoms with Crippen LogP contribution in [0.2, 0.25) is 0 Å². The first kappa shape index (κ1) is 17.1. The molecule has 0 heterocycles. The van der Waals surface area contributed by atoms with Gasteiger partial charge in [-0.25, -0.2) is 0 Å². The van der Waals surface area contributed by atoms with Crippen molar-refractivity contribution in [3.8, 4) is 0 Å². The van der Waals surface area contributed by atoms with E-state index in [0.717, 1.165) is 39.3 Å². The van der Waals surface area contributed by atoms with Crippen LogP contribution in [0, 0.1) is 6.92 Å². The largest absolute Gasteiger partial charge is 0.385 e. The summed E-state index contributed by atoms with van der Waals surface area (Å²) >= 11 is 0. The van der Waals surface area contributed by atoms with E-state index >= 15 is 0 Å². The Morgan fingerprint density at radius 3 is 1.61 bits per heavy atom. The van der Waals surface area contributed by atoms with Gasteiger partial charge in [0.05, 0.1) is 0 Å². The van der Waals surface area contributed by atoms with E-state index in [0.29, 0.717) is 0 Å². The molecule has 104 valence electrons. The van der Waals surface area contributed by atoms with Crippen molar-refractivity contribution >= 4 is 0 Å². The predicted molar refractivity (Wildman–Crippen MR) is 75.0 cm³/mol. The lowest BCUT2D eigenvalue weighted by molar-refractivity contribution is 0.0845. The van der Waals surface area contributed by atoms with Gasteiger partial charge in [0.15, 0.2) is 0 Å². The Morgan fingerprint density at radius 1 is 0.778 bits per heavy atom. The lowest BCUT2D eigenvalue weighted by atomic mass is 10.2. The topological polar surface area (TPSA) is 27.7 Å². The second-order valence-corrected chi connectivity index (χ2v) is 3.96. The molecule has 1 rings (SSSR count). The molecular weight excluding hydrogens is 228 g/mol. The molecule has 3 nitrogen and oxygen atoms in total. The molecule has 0 aliphatic carbocycles. The molecule has 18 heavy (non-hydrogen) atoms. The van der Waals surface area contributed by atoms with Gasteiger partial charge >= 0.3 is 0 Å². The number of benzene rings is 1. The Labute approximate surface area is 111 Å². The van der Waals surface area contributed by atoms with Gasteiger partial charge in [0.2, 0.25) is 0 Å². The predicted octanol–water partition coefficient (Wildman–Crippen LogP) is 3.07. The number of rotatable bonds is 8. The first-order valence-electron chi connectivity index (χ1n) is 6.38. The maximum absolute atomic E-state index is 5.28. The smallest absolute Gasteiger partial charge is 0.0488 e. The Kier molecular flexibility index (Phi) is 13.5. The van der Waals surface area contributed by atoms with Crippen molar-refractivity contribution in [2.75, 3.05) is 40.6 Å². The van der Waals surface area contributed by atoms with Gasteiger partial charge in [-0.05, 0) is 19.8 Å². The summed E-state index contributed by atoms with van der Waals surface area (Å²) in [6, 6.07) is 10.3. The molecule has 0 unspecified atom stereocenters. The zero-order valence-corrected chi connectivity index (χ0v) is 11.9. The molecule has 1 aromatic rings. The van der Waals surface area contributed by atoms with Gasteiger partial charge in [-0.2, -0.15) is 0 Å². The van der Waals surface area contributed by atoms with Crippen LogP contribution in [0.4, 0.5) is 0 Å². The Hall–Kier alpha value is -0.900. The first-order valence-corrected chi connectivity index (χ1v) is 6.38. The Morgan fingerprint density at radius 2 is 1.28 bits per heavy atom. The maximum Gasteiger partial charge on any atom is 0.0488 e. The zero-order chi connectivity index (χ0) is 13.5. The van der Waals surface area contributed by atoms with E-state index < -0.39 is 0 Å². The molecule has 0 spiro atoms. The second-order valence-electron chi connectivity index (χ2n) is 3.96. The number of aryl methyl sites for hydroxylation is 1. The van der Waals surface area contributed by atoms with Gasteiger partial charge in [0.25, 0.3) is 0 Å². The van der Waals surface area contributed by atoms with Crippen molar-refractivity contribution in [2.45, 2.75) is 19.8 Å². The molecule has 0 amide bonds. The highest BCUT2D eigenvalue weighted by molar-refractivity contribution is 5.11. The van der Waals surface area contributed by atoms with E-state index in [1.165, 1.54) is 5.56 Å².